The molecule has 0 aliphatic heterocycles. The molecule has 0 saturated carbocycles. The maximum atomic E-state index is 13.3. The quantitative estimate of drug-likeness (QED) is 0.732. The Labute approximate surface area is 91.8 Å². The van der Waals surface area contributed by atoms with Crippen LogP contribution in [-0.2, 0) is 9.53 Å². The minimum absolute atomic E-state index is 0.0608. The summed E-state index contributed by atoms with van der Waals surface area (Å²) < 4.78 is 30.4. The van der Waals surface area contributed by atoms with E-state index in [1.54, 1.807) is 6.92 Å². The summed E-state index contributed by atoms with van der Waals surface area (Å²) in [6.07, 6.45) is 0.901. The molecule has 1 aromatic heterocycles. The number of nitrogens with zero attached hydrogens (tertiary/aromatic N) is 2. The first-order valence-corrected chi connectivity index (χ1v) is 4.71. The molecule has 6 heteroatoms. The van der Waals surface area contributed by atoms with Gasteiger partial charge >= 0.3 is 5.97 Å². The summed E-state index contributed by atoms with van der Waals surface area (Å²) >= 11 is 0. The number of hydrogen-bond donors (Lipinski definition) is 0. The number of aromatic nitrogens is 1. The Morgan fingerprint density at radius 1 is 1.56 bits per heavy atom. The van der Waals surface area contributed by atoms with Crippen LogP contribution < -0.4 is 4.90 Å². The molecule has 4 nitrogen and oxygen atoms in total. The second-order valence-electron chi connectivity index (χ2n) is 3.05. The van der Waals surface area contributed by atoms with Gasteiger partial charge in [0.15, 0.2) is 11.6 Å². The summed E-state index contributed by atoms with van der Waals surface area (Å²) in [5, 5.41) is 0. The van der Waals surface area contributed by atoms with Gasteiger partial charge in [0.05, 0.1) is 13.3 Å². The van der Waals surface area contributed by atoms with Crippen LogP contribution in [0.2, 0.25) is 0 Å². The van der Waals surface area contributed by atoms with Crippen molar-refractivity contribution >= 4 is 11.8 Å². The average Bonchev–Trinajstić information content (AvgIpc) is 2.26. The topological polar surface area (TPSA) is 42.4 Å². The van der Waals surface area contributed by atoms with Crippen LogP contribution in [0.1, 0.15) is 6.92 Å². The number of ether oxygens (including phenoxy) is 1. The third-order valence-electron chi connectivity index (χ3n) is 2.02. The van der Waals surface area contributed by atoms with Crippen LogP contribution >= 0.6 is 0 Å². The van der Waals surface area contributed by atoms with Gasteiger partial charge in [0.25, 0.3) is 0 Å². The molecule has 88 valence electrons. The van der Waals surface area contributed by atoms with Crippen LogP contribution in [-0.4, -0.2) is 31.2 Å². The summed E-state index contributed by atoms with van der Waals surface area (Å²) in [5.41, 5.74) is 0. The molecule has 0 aliphatic carbocycles. The lowest BCUT2D eigenvalue weighted by Gasteiger charge is -2.20. The fraction of sp³-hybridized carbons (Fsp3) is 0.400. The number of carbonyl (C=O) groups excluding carboxylic acids is 1. The Hall–Kier alpha value is -1.72. The van der Waals surface area contributed by atoms with Crippen molar-refractivity contribution in [3.63, 3.8) is 0 Å². The van der Waals surface area contributed by atoms with Crippen LogP contribution in [0.4, 0.5) is 14.6 Å². The van der Waals surface area contributed by atoms with Crippen LogP contribution in [0.3, 0.4) is 0 Å². The number of halogens is 2. The molecule has 0 unspecified atom stereocenters. The van der Waals surface area contributed by atoms with E-state index in [9.17, 15) is 13.6 Å². The van der Waals surface area contributed by atoms with E-state index in [1.807, 2.05) is 0 Å². The molecule has 0 bridgehead atoms. The van der Waals surface area contributed by atoms with Crippen LogP contribution in [0.25, 0.3) is 0 Å². The Morgan fingerprint density at radius 2 is 2.25 bits per heavy atom. The third kappa shape index (κ3) is 2.88. The molecule has 0 N–H and O–H groups in total. The van der Waals surface area contributed by atoms with Gasteiger partial charge in [0.1, 0.15) is 12.4 Å². The van der Waals surface area contributed by atoms with Crippen molar-refractivity contribution in [1.82, 2.24) is 4.98 Å². The molecule has 0 amide bonds. The first-order valence-electron chi connectivity index (χ1n) is 4.71. The largest absolute Gasteiger partial charge is 0.468 e. The molecule has 0 radical (unpaired) electrons. The molecule has 0 aromatic carbocycles. The lowest BCUT2D eigenvalue weighted by atomic mass is 10.3. The number of anilines is 1. The highest BCUT2D eigenvalue weighted by Gasteiger charge is 2.15. The number of carbonyl (C=O) groups is 1. The molecule has 0 spiro atoms. The Morgan fingerprint density at radius 3 is 2.75 bits per heavy atom. The lowest BCUT2D eigenvalue weighted by molar-refractivity contribution is -0.138. The van der Waals surface area contributed by atoms with Crippen molar-refractivity contribution in [2.24, 2.45) is 0 Å². The summed E-state index contributed by atoms with van der Waals surface area (Å²) in [6.45, 7) is 1.97. The molecule has 1 rings (SSSR count). The van der Waals surface area contributed by atoms with Gasteiger partial charge in [0.2, 0.25) is 0 Å². The highest BCUT2D eigenvalue weighted by Crippen LogP contribution is 2.16. The Balaban J connectivity index is 2.90. The number of rotatable bonds is 4. The van der Waals surface area contributed by atoms with Gasteiger partial charge < -0.3 is 9.64 Å². The van der Waals surface area contributed by atoms with E-state index in [1.165, 1.54) is 12.0 Å². The molecular formula is C10H12F2N2O2. The van der Waals surface area contributed by atoms with E-state index < -0.39 is 17.6 Å². The van der Waals surface area contributed by atoms with Gasteiger partial charge in [-0.25, -0.2) is 13.8 Å². The van der Waals surface area contributed by atoms with Crippen molar-refractivity contribution in [1.29, 1.82) is 0 Å². The molecule has 0 aliphatic rings. The number of pyridine rings is 1. The minimum atomic E-state index is -0.800. The van der Waals surface area contributed by atoms with E-state index in [2.05, 4.69) is 9.72 Å². The van der Waals surface area contributed by atoms with Gasteiger partial charge in [-0.15, -0.1) is 0 Å². The van der Waals surface area contributed by atoms with Crippen LogP contribution in [0.5, 0.6) is 0 Å². The summed E-state index contributed by atoms with van der Waals surface area (Å²) in [6, 6.07) is 0.724. The second-order valence-corrected chi connectivity index (χ2v) is 3.05. The summed E-state index contributed by atoms with van der Waals surface area (Å²) in [7, 11) is 1.24. The van der Waals surface area contributed by atoms with Crippen molar-refractivity contribution < 1.29 is 18.3 Å². The van der Waals surface area contributed by atoms with Crippen LogP contribution in [0.15, 0.2) is 12.3 Å². The normalized spacial score (nSPS) is 10.0. The van der Waals surface area contributed by atoms with E-state index in [0.717, 1.165) is 12.3 Å². The first kappa shape index (κ1) is 12.4. The Kier molecular flexibility index (Phi) is 4.16. The van der Waals surface area contributed by atoms with Gasteiger partial charge in [0, 0.05) is 12.6 Å². The lowest BCUT2D eigenvalue weighted by Crippen LogP contribution is -2.31. The minimum Gasteiger partial charge on any atom is -0.468 e. The first-order chi connectivity index (χ1) is 7.58. The maximum Gasteiger partial charge on any atom is 0.325 e. The predicted molar refractivity (Wildman–Crippen MR) is 54.1 cm³/mol. The summed E-state index contributed by atoms with van der Waals surface area (Å²) in [5.74, 6) is -2.12. The summed E-state index contributed by atoms with van der Waals surface area (Å²) in [4.78, 5) is 16.0. The monoisotopic (exact) mass is 230 g/mol. The second kappa shape index (κ2) is 5.39. The zero-order valence-electron chi connectivity index (χ0n) is 9.04. The van der Waals surface area contributed by atoms with Crippen LogP contribution in [0, 0.1) is 11.6 Å². The fourth-order valence-electron chi connectivity index (χ4n) is 1.20. The third-order valence-corrected chi connectivity index (χ3v) is 2.02. The number of likely N-dealkylation sites (N-methyl/N-ethyl adjacent to an activating group) is 1. The van der Waals surface area contributed by atoms with Crippen molar-refractivity contribution in [3.05, 3.63) is 23.9 Å². The maximum absolute atomic E-state index is 13.3. The van der Waals surface area contributed by atoms with E-state index in [-0.39, 0.29) is 12.4 Å². The van der Waals surface area contributed by atoms with Crippen molar-refractivity contribution in [2.45, 2.75) is 6.92 Å². The van der Waals surface area contributed by atoms with E-state index in [4.69, 9.17) is 0 Å². The van der Waals surface area contributed by atoms with Crippen molar-refractivity contribution in [2.75, 3.05) is 25.1 Å². The zero-order chi connectivity index (χ0) is 12.1. The predicted octanol–water partition coefficient (Wildman–Crippen LogP) is 1.36. The smallest absolute Gasteiger partial charge is 0.325 e. The molecule has 16 heavy (non-hydrogen) atoms. The van der Waals surface area contributed by atoms with Gasteiger partial charge in [-0.3, -0.25) is 4.79 Å². The molecular weight excluding hydrogens is 218 g/mol. The number of methoxy groups -OCH3 is 1. The van der Waals surface area contributed by atoms with Gasteiger partial charge in [-0.2, -0.15) is 0 Å². The van der Waals surface area contributed by atoms with E-state index in [0.29, 0.717) is 6.54 Å². The van der Waals surface area contributed by atoms with Gasteiger partial charge in [-0.05, 0) is 6.92 Å². The number of hydrogen-bond acceptors (Lipinski definition) is 4. The molecule has 1 aromatic rings. The number of esters is 1. The highest BCUT2D eigenvalue weighted by atomic mass is 19.1. The molecule has 0 atom stereocenters. The standard InChI is InChI=1S/C10H12F2N2O2/c1-3-14(6-9(15)16-2)10-8(12)4-7(11)5-13-10/h4-5H,3,6H2,1-2H3. The van der Waals surface area contributed by atoms with Gasteiger partial charge in [-0.1, -0.05) is 0 Å². The molecule has 1 heterocycles. The average molecular weight is 230 g/mol. The Bertz CT molecular complexity index is 385. The zero-order valence-corrected chi connectivity index (χ0v) is 9.04. The fourth-order valence-corrected chi connectivity index (χ4v) is 1.20. The molecule has 0 fully saturated rings. The molecule has 0 saturated heterocycles. The SMILES string of the molecule is CCN(CC(=O)OC)c1ncc(F)cc1F. The van der Waals surface area contributed by atoms with E-state index >= 15 is 0 Å². The highest BCUT2D eigenvalue weighted by molar-refractivity contribution is 5.75. The van der Waals surface area contributed by atoms with Crippen molar-refractivity contribution in [3.8, 4) is 0 Å².